The van der Waals surface area contributed by atoms with Crippen molar-refractivity contribution in [3.8, 4) is 0 Å². The van der Waals surface area contributed by atoms with Gasteiger partial charge in [-0.25, -0.2) is 13.6 Å². The molecule has 7 N–H and O–H groups in total. The molecule has 0 aromatic heterocycles. The molecule has 226 valence electrons. The van der Waals surface area contributed by atoms with Gasteiger partial charge in [0.15, 0.2) is 0 Å². The van der Waals surface area contributed by atoms with Crippen LogP contribution in [-0.4, -0.2) is 82.3 Å². The second-order valence-corrected chi connectivity index (χ2v) is 9.92. The highest BCUT2D eigenvalue weighted by molar-refractivity contribution is 6.62. The number of hydrogen-bond acceptors (Lipinski definition) is 9. The summed E-state index contributed by atoms with van der Waals surface area (Å²) in [4.78, 5) is 62.0. The molecule has 2 aliphatic rings. The number of carbonyl (C=O) groups excluding carboxylic acids is 3. The Bertz CT molecular complexity index is 1490. The molecular formula is C25H25B2F2N3O11. The van der Waals surface area contributed by atoms with Gasteiger partial charge in [-0.3, -0.25) is 19.2 Å². The number of aliphatic carboxylic acids is 2. The van der Waals surface area contributed by atoms with Crippen LogP contribution in [0.5, 0.6) is 0 Å². The van der Waals surface area contributed by atoms with Gasteiger partial charge in [-0.05, 0) is 48.5 Å². The summed E-state index contributed by atoms with van der Waals surface area (Å²) in [6, 6.07) is -0.715. The van der Waals surface area contributed by atoms with Crippen LogP contribution < -0.4 is 26.9 Å². The third-order valence-corrected chi connectivity index (χ3v) is 6.98. The van der Waals surface area contributed by atoms with Crippen molar-refractivity contribution in [1.29, 1.82) is 0 Å². The normalized spacial score (nSPS) is 15.7. The van der Waals surface area contributed by atoms with Gasteiger partial charge in [0.1, 0.15) is 23.7 Å². The molecule has 2 aromatic carbocycles. The van der Waals surface area contributed by atoms with E-state index in [0.717, 1.165) is 18.2 Å². The van der Waals surface area contributed by atoms with Gasteiger partial charge in [0.05, 0.1) is 19.3 Å². The number of benzene rings is 2. The highest BCUT2D eigenvalue weighted by atomic mass is 19.1. The predicted molar refractivity (Wildman–Crippen MR) is 142 cm³/mol. The van der Waals surface area contributed by atoms with E-state index in [2.05, 4.69) is 16.0 Å². The number of hydrogen-bond donors (Lipinski definition) is 7. The van der Waals surface area contributed by atoms with Crippen molar-refractivity contribution in [2.75, 3.05) is 0 Å². The Balaban J connectivity index is 1.59. The minimum absolute atomic E-state index is 0.0167. The molecule has 0 bridgehead atoms. The van der Waals surface area contributed by atoms with Crippen molar-refractivity contribution < 1.29 is 62.3 Å². The van der Waals surface area contributed by atoms with E-state index in [1.165, 1.54) is 13.0 Å². The van der Waals surface area contributed by atoms with Crippen LogP contribution in [0.4, 0.5) is 8.78 Å². The first-order valence-electron chi connectivity index (χ1n) is 12.9. The monoisotopic (exact) mass is 603 g/mol. The Morgan fingerprint density at radius 2 is 1.33 bits per heavy atom. The molecule has 0 aliphatic carbocycles. The maximum Gasteiger partial charge on any atom is 0.491 e. The molecule has 0 spiro atoms. The first kappa shape index (κ1) is 31.6. The van der Waals surface area contributed by atoms with Gasteiger partial charge in [0.2, 0.25) is 5.91 Å². The lowest BCUT2D eigenvalue weighted by Crippen LogP contribution is -2.59. The lowest BCUT2D eigenvalue weighted by molar-refractivity contribution is -0.143. The number of nitrogens with one attached hydrogen (secondary N) is 3. The average molecular weight is 603 g/mol. The van der Waals surface area contributed by atoms with E-state index in [0.29, 0.717) is 0 Å². The second kappa shape index (κ2) is 12.9. The molecular weight excluding hydrogens is 578 g/mol. The van der Waals surface area contributed by atoms with Crippen molar-refractivity contribution >= 4 is 54.8 Å². The molecule has 3 amide bonds. The fraction of sp³-hybridized carbons (Fsp3) is 0.320. The first-order valence-corrected chi connectivity index (χ1v) is 12.9. The number of amides is 3. The van der Waals surface area contributed by atoms with E-state index in [1.54, 1.807) is 0 Å². The third kappa shape index (κ3) is 6.99. The Morgan fingerprint density at radius 3 is 1.79 bits per heavy atom. The highest BCUT2D eigenvalue weighted by Crippen LogP contribution is 2.18. The van der Waals surface area contributed by atoms with Crippen LogP contribution in [0.3, 0.4) is 0 Å². The SMILES string of the molecule is CC(NC(=O)c1cc(F)c2c(c1)B(O)OC2)C(NC(=O)c1cc(F)c2c(c1)B(O)OC2)C(=O)NC(CCC(=O)O)C(=O)O. The minimum atomic E-state index is -1.73. The quantitative estimate of drug-likeness (QED) is 0.136. The third-order valence-electron chi connectivity index (χ3n) is 6.98. The van der Waals surface area contributed by atoms with Crippen LogP contribution >= 0.6 is 0 Å². The number of carbonyl (C=O) groups is 5. The number of carboxylic acid groups (broad SMARTS) is 2. The summed E-state index contributed by atoms with van der Waals surface area (Å²) in [5.74, 6) is -7.73. The van der Waals surface area contributed by atoms with Crippen molar-refractivity contribution in [3.63, 3.8) is 0 Å². The van der Waals surface area contributed by atoms with Crippen LogP contribution in [0, 0.1) is 11.6 Å². The lowest BCUT2D eigenvalue weighted by Gasteiger charge is -2.27. The van der Waals surface area contributed by atoms with E-state index in [-0.39, 0.29) is 46.4 Å². The molecule has 0 saturated heterocycles. The van der Waals surface area contributed by atoms with Crippen LogP contribution in [0.2, 0.25) is 0 Å². The Kier molecular flexibility index (Phi) is 9.44. The standard InChI is InChI=1S/C25H25B2F2N3O11/c1-10(30-22(35)11-4-15-13(17(28)6-11)8-42-26(15)40)21(24(37)31-19(25(38)39)2-3-20(33)34)32-23(36)12-5-16-14(18(29)7-12)9-43-27(16)41/h4-7,10,19,21,40-41H,2-3,8-9H2,1H3,(H,30,35)(H,31,37)(H,32,36)(H,33,34)(H,38,39). The van der Waals surface area contributed by atoms with E-state index < -0.39 is 86.5 Å². The van der Waals surface area contributed by atoms with Crippen LogP contribution in [0.1, 0.15) is 51.6 Å². The summed E-state index contributed by atoms with van der Waals surface area (Å²) in [6.07, 6.45) is -1.12. The number of fused-ring (bicyclic) bond motifs is 2. The summed E-state index contributed by atoms with van der Waals surface area (Å²) < 4.78 is 39.0. The number of carboxylic acids is 2. The Morgan fingerprint density at radius 1 is 0.837 bits per heavy atom. The molecule has 3 unspecified atom stereocenters. The molecule has 0 radical (unpaired) electrons. The van der Waals surface area contributed by atoms with Crippen LogP contribution in [0.15, 0.2) is 24.3 Å². The van der Waals surface area contributed by atoms with E-state index in [9.17, 15) is 47.9 Å². The summed E-state index contributed by atoms with van der Waals surface area (Å²) in [7, 11) is -2.97. The van der Waals surface area contributed by atoms with E-state index in [4.69, 9.17) is 14.4 Å². The number of halogens is 2. The Labute approximate surface area is 242 Å². The van der Waals surface area contributed by atoms with Crippen LogP contribution in [0.25, 0.3) is 0 Å². The zero-order chi connectivity index (χ0) is 31.6. The van der Waals surface area contributed by atoms with Gasteiger partial charge < -0.3 is 45.5 Å². The summed E-state index contributed by atoms with van der Waals surface area (Å²) in [6.45, 7) is 0.809. The topological polar surface area (TPSA) is 221 Å². The molecule has 4 rings (SSSR count). The largest absolute Gasteiger partial charge is 0.491 e. The summed E-state index contributed by atoms with van der Waals surface area (Å²) >= 11 is 0. The fourth-order valence-electron chi connectivity index (χ4n) is 4.63. The van der Waals surface area contributed by atoms with Crippen molar-refractivity contribution in [1.82, 2.24) is 16.0 Å². The molecule has 14 nitrogen and oxygen atoms in total. The lowest BCUT2D eigenvalue weighted by atomic mass is 9.78. The van der Waals surface area contributed by atoms with Crippen LogP contribution in [-0.2, 0) is 36.9 Å². The summed E-state index contributed by atoms with van der Waals surface area (Å²) in [5.41, 5.74) is -0.520. The van der Waals surface area contributed by atoms with E-state index in [1.807, 2.05) is 0 Å². The second-order valence-electron chi connectivity index (χ2n) is 9.92. The first-order chi connectivity index (χ1) is 20.3. The zero-order valence-corrected chi connectivity index (χ0v) is 22.4. The minimum Gasteiger partial charge on any atom is -0.481 e. The highest BCUT2D eigenvalue weighted by Gasteiger charge is 2.35. The van der Waals surface area contributed by atoms with Gasteiger partial charge in [0.25, 0.3) is 11.8 Å². The van der Waals surface area contributed by atoms with Gasteiger partial charge in [-0.1, -0.05) is 0 Å². The average Bonchev–Trinajstić information content (AvgIpc) is 3.51. The predicted octanol–water partition coefficient (Wildman–Crippen LogP) is -2.25. The molecule has 0 fully saturated rings. The molecule has 0 saturated carbocycles. The van der Waals surface area contributed by atoms with Gasteiger partial charge in [-0.15, -0.1) is 0 Å². The van der Waals surface area contributed by atoms with Gasteiger partial charge in [0, 0.05) is 28.7 Å². The number of rotatable bonds is 11. The Hall–Kier alpha value is -4.38. The van der Waals surface area contributed by atoms with Crippen molar-refractivity contribution in [3.05, 3.63) is 58.2 Å². The molecule has 2 aliphatic heterocycles. The van der Waals surface area contributed by atoms with Crippen molar-refractivity contribution in [2.24, 2.45) is 0 Å². The van der Waals surface area contributed by atoms with E-state index >= 15 is 0 Å². The molecule has 2 heterocycles. The maximum absolute atomic E-state index is 14.6. The fourth-order valence-corrected chi connectivity index (χ4v) is 4.63. The summed E-state index contributed by atoms with van der Waals surface area (Å²) in [5, 5.41) is 45.0. The van der Waals surface area contributed by atoms with Crippen molar-refractivity contribution in [2.45, 2.75) is 51.1 Å². The zero-order valence-electron chi connectivity index (χ0n) is 22.4. The van der Waals surface area contributed by atoms with Gasteiger partial charge in [-0.2, -0.15) is 0 Å². The smallest absolute Gasteiger partial charge is 0.481 e. The molecule has 2 aromatic rings. The molecule has 18 heteroatoms. The van der Waals surface area contributed by atoms with Gasteiger partial charge >= 0.3 is 26.2 Å². The maximum atomic E-state index is 14.6. The molecule has 43 heavy (non-hydrogen) atoms. The molecule has 3 atom stereocenters.